The normalized spacial score (nSPS) is 10.2. The van der Waals surface area contributed by atoms with Gasteiger partial charge in [-0.15, -0.1) is 0 Å². The largest absolute Gasteiger partial charge is 0.489 e. The molecule has 2 nitrogen and oxygen atoms in total. The second-order valence-corrected chi connectivity index (χ2v) is 4.44. The molecule has 0 bridgehead atoms. The lowest BCUT2D eigenvalue weighted by molar-refractivity contribution is 0.306. The lowest BCUT2D eigenvalue weighted by Crippen LogP contribution is -1.95. The van der Waals surface area contributed by atoms with Crippen molar-refractivity contribution in [2.45, 2.75) is 6.61 Å². The first-order chi connectivity index (χ1) is 8.15. The molecule has 0 aliphatic rings. The van der Waals surface area contributed by atoms with Gasteiger partial charge in [-0.3, -0.25) is 0 Å². The molecule has 4 heteroatoms. The standard InChI is InChI=1S/C13H11Cl2NO/c14-10-3-1-9(2-4-10)8-17-11-5-6-13(16)12(15)7-11/h1-7H,8,16H2. The predicted molar refractivity (Wildman–Crippen MR) is 71.6 cm³/mol. The molecule has 17 heavy (non-hydrogen) atoms. The zero-order valence-electron chi connectivity index (χ0n) is 8.99. The second kappa shape index (κ2) is 5.30. The molecule has 0 atom stereocenters. The molecule has 0 heterocycles. The zero-order chi connectivity index (χ0) is 12.3. The van der Waals surface area contributed by atoms with Crippen molar-refractivity contribution in [3.8, 4) is 5.75 Å². The molecular formula is C13H11Cl2NO. The van der Waals surface area contributed by atoms with E-state index in [0.717, 1.165) is 5.56 Å². The number of hydrogen-bond donors (Lipinski definition) is 1. The Morgan fingerprint density at radius 2 is 1.71 bits per heavy atom. The number of rotatable bonds is 3. The van der Waals surface area contributed by atoms with Crippen molar-refractivity contribution in [3.63, 3.8) is 0 Å². The summed E-state index contributed by atoms with van der Waals surface area (Å²) in [6, 6.07) is 12.7. The average Bonchev–Trinajstić information content (AvgIpc) is 2.33. The number of nitrogens with two attached hydrogens (primary N) is 1. The number of nitrogen functional groups attached to an aromatic ring is 1. The van der Waals surface area contributed by atoms with Crippen molar-refractivity contribution in [1.29, 1.82) is 0 Å². The van der Waals surface area contributed by atoms with E-state index in [1.807, 2.05) is 24.3 Å². The van der Waals surface area contributed by atoms with Crippen LogP contribution in [0.5, 0.6) is 5.75 Å². The highest BCUT2D eigenvalue weighted by Crippen LogP contribution is 2.24. The predicted octanol–water partition coefficient (Wildman–Crippen LogP) is 4.15. The summed E-state index contributed by atoms with van der Waals surface area (Å²) in [5, 5.41) is 1.21. The van der Waals surface area contributed by atoms with Crippen LogP contribution in [0.15, 0.2) is 42.5 Å². The molecule has 0 fully saturated rings. The molecule has 0 aliphatic carbocycles. The molecular weight excluding hydrogens is 257 g/mol. The third kappa shape index (κ3) is 3.29. The first kappa shape index (κ1) is 12.1. The Balaban J connectivity index is 2.02. The maximum atomic E-state index is 5.89. The van der Waals surface area contributed by atoms with Crippen molar-refractivity contribution in [2.75, 3.05) is 5.73 Å². The van der Waals surface area contributed by atoms with E-state index in [-0.39, 0.29) is 0 Å². The summed E-state index contributed by atoms with van der Waals surface area (Å²) in [6.45, 7) is 0.470. The highest BCUT2D eigenvalue weighted by molar-refractivity contribution is 6.33. The molecule has 2 aromatic rings. The Labute approximate surface area is 110 Å². The van der Waals surface area contributed by atoms with Gasteiger partial charge in [-0.1, -0.05) is 35.3 Å². The minimum absolute atomic E-state index is 0.470. The molecule has 2 aromatic carbocycles. The van der Waals surface area contributed by atoms with Crippen LogP contribution in [0, 0.1) is 0 Å². The quantitative estimate of drug-likeness (QED) is 0.848. The van der Waals surface area contributed by atoms with E-state index in [1.54, 1.807) is 18.2 Å². The van der Waals surface area contributed by atoms with E-state index in [9.17, 15) is 0 Å². The Hall–Kier alpha value is -1.38. The first-order valence-electron chi connectivity index (χ1n) is 5.07. The minimum atomic E-state index is 0.470. The molecule has 0 radical (unpaired) electrons. The van der Waals surface area contributed by atoms with Crippen molar-refractivity contribution in [3.05, 3.63) is 58.1 Å². The molecule has 0 aliphatic heterocycles. The maximum Gasteiger partial charge on any atom is 0.121 e. The fraction of sp³-hybridized carbons (Fsp3) is 0.0769. The van der Waals surface area contributed by atoms with E-state index >= 15 is 0 Å². The molecule has 2 rings (SSSR count). The smallest absolute Gasteiger partial charge is 0.121 e. The number of hydrogen-bond acceptors (Lipinski definition) is 2. The molecule has 0 spiro atoms. The zero-order valence-corrected chi connectivity index (χ0v) is 10.5. The number of halogens is 2. The van der Waals surface area contributed by atoms with Gasteiger partial charge in [-0.05, 0) is 29.8 Å². The third-order valence-electron chi connectivity index (χ3n) is 2.29. The van der Waals surface area contributed by atoms with Crippen LogP contribution in [-0.2, 0) is 6.61 Å². The summed E-state index contributed by atoms with van der Waals surface area (Å²) in [5.74, 6) is 0.694. The van der Waals surface area contributed by atoms with Crippen molar-refractivity contribution in [2.24, 2.45) is 0 Å². The summed E-state index contributed by atoms with van der Waals surface area (Å²) in [7, 11) is 0. The Morgan fingerprint density at radius 3 is 2.35 bits per heavy atom. The fourth-order valence-electron chi connectivity index (χ4n) is 1.34. The third-order valence-corrected chi connectivity index (χ3v) is 2.87. The molecule has 2 N–H and O–H groups in total. The van der Waals surface area contributed by atoms with Gasteiger partial charge in [0.15, 0.2) is 0 Å². The van der Waals surface area contributed by atoms with E-state index in [4.69, 9.17) is 33.7 Å². The van der Waals surface area contributed by atoms with E-state index in [1.165, 1.54) is 0 Å². The van der Waals surface area contributed by atoms with Crippen molar-refractivity contribution >= 4 is 28.9 Å². The lowest BCUT2D eigenvalue weighted by Gasteiger charge is -2.07. The van der Waals surface area contributed by atoms with Crippen LogP contribution < -0.4 is 10.5 Å². The monoisotopic (exact) mass is 267 g/mol. The van der Waals surface area contributed by atoms with Crippen molar-refractivity contribution < 1.29 is 4.74 Å². The summed E-state index contributed by atoms with van der Waals surface area (Å²) in [5.41, 5.74) is 7.20. The van der Waals surface area contributed by atoms with Gasteiger partial charge >= 0.3 is 0 Å². The highest BCUT2D eigenvalue weighted by Gasteiger charge is 2.00. The fourth-order valence-corrected chi connectivity index (χ4v) is 1.64. The second-order valence-electron chi connectivity index (χ2n) is 3.60. The summed E-state index contributed by atoms with van der Waals surface area (Å²) in [4.78, 5) is 0. The van der Waals surface area contributed by atoms with Crippen LogP contribution in [0.2, 0.25) is 10.0 Å². The SMILES string of the molecule is Nc1ccc(OCc2ccc(Cl)cc2)cc1Cl. The van der Waals surface area contributed by atoms with Gasteiger partial charge < -0.3 is 10.5 Å². The summed E-state index contributed by atoms with van der Waals surface area (Å²) in [6.07, 6.45) is 0. The highest BCUT2D eigenvalue weighted by atomic mass is 35.5. The Morgan fingerprint density at radius 1 is 1.00 bits per heavy atom. The Kier molecular flexibility index (Phi) is 3.77. The van der Waals surface area contributed by atoms with Gasteiger partial charge in [0.25, 0.3) is 0 Å². The van der Waals surface area contributed by atoms with Crippen LogP contribution in [0.1, 0.15) is 5.56 Å². The van der Waals surface area contributed by atoms with Crippen LogP contribution in [-0.4, -0.2) is 0 Å². The van der Waals surface area contributed by atoms with Crippen LogP contribution in [0.3, 0.4) is 0 Å². The van der Waals surface area contributed by atoms with E-state index in [2.05, 4.69) is 0 Å². The topological polar surface area (TPSA) is 35.2 Å². The van der Waals surface area contributed by atoms with Gasteiger partial charge in [0, 0.05) is 11.1 Å². The number of benzene rings is 2. The van der Waals surface area contributed by atoms with Crippen LogP contribution in [0.4, 0.5) is 5.69 Å². The van der Waals surface area contributed by atoms with Gasteiger partial charge in [0.05, 0.1) is 10.7 Å². The summed E-state index contributed by atoms with van der Waals surface area (Å²) >= 11 is 11.7. The molecule has 0 aromatic heterocycles. The molecule has 0 saturated heterocycles. The van der Waals surface area contributed by atoms with Crippen LogP contribution >= 0.6 is 23.2 Å². The average molecular weight is 268 g/mol. The van der Waals surface area contributed by atoms with Crippen molar-refractivity contribution in [1.82, 2.24) is 0 Å². The van der Waals surface area contributed by atoms with E-state index in [0.29, 0.717) is 28.1 Å². The molecule has 0 amide bonds. The van der Waals surface area contributed by atoms with Gasteiger partial charge in [0.1, 0.15) is 12.4 Å². The molecule has 88 valence electrons. The Bertz CT molecular complexity index is 511. The summed E-state index contributed by atoms with van der Waals surface area (Å²) < 4.78 is 5.58. The van der Waals surface area contributed by atoms with Gasteiger partial charge in [-0.25, -0.2) is 0 Å². The molecule has 0 unspecified atom stereocenters. The first-order valence-corrected chi connectivity index (χ1v) is 5.83. The number of anilines is 1. The van der Waals surface area contributed by atoms with E-state index < -0.39 is 0 Å². The molecule has 0 saturated carbocycles. The van der Waals surface area contributed by atoms with Gasteiger partial charge in [0.2, 0.25) is 0 Å². The number of ether oxygens (including phenoxy) is 1. The van der Waals surface area contributed by atoms with Gasteiger partial charge in [-0.2, -0.15) is 0 Å². The minimum Gasteiger partial charge on any atom is -0.489 e. The van der Waals surface area contributed by atoms with Crippen LogP contribution in [0.25, 0.3) is 0 Å². The maximum absolute atomic E-state index is 5.89. The lowest BCUT2D eigenvalue weighted by atomic mass is 10.2.